The summed E-state index contributed by atoms with van der Waals surface area (Å²) in [6, 6.07) is 9.24. The van der Waals surface area contributed by atoms with E-state index in [1.807, 2.05) is 24.3 Å². The molecule has 0 saturated heterocycles. The van der Waals surface area contributed by atoms with Gasteiger partial charge in [0.25, 0.3) is 0 Å². The molecule has 0 amide bonds. The summed E-state index contributed by atoms with van der Waals surface area (Å²) in [6.07, 6.45) is 1.70. The number of benzene rings is 1. The number of nitrogens with zero attached hydrogens (tertiary/aromatic N) is 2. The van der Waals surface area contributed by atoms with E-state index in [2.05, 4.69) is 9.97 Å². The van der Waals surface area contributed by atoms with E-state index < -0.39 is 0 Å². The molecule has 0 spiro atoms. The van der Waals surface area contributed by atoms with Crippen LogP contribution in [0.15, 0.2) is 36.5 Å². The third-order valence-corrected chi connectivity index (χ3v) is 2.24. The Hall–Kier alpha value is -1.45. The average molecular weight is 220 g/mol. The van der Waals surface area contributed by atoms with Gasteiger partial charge in [-0.1, -0.05) is 23.7 Å². The average Bonchev–Trinajstić information content (AvgIpc) is 2.29. The Kier molecular flexibility index (Phi) is 2.94. The molecule has 0 aliphatic carbocycles. The molecule has 0 radical (unpaired) electrons. The lowest BCUT2D eigenvalue weighted by atomic mass is 10.2. The predicted octanol–water partition coefficient (Wildman–Crippen LogP) is 2.26. The van der Waals surface area contributed by atoms with Crippen molar-refractivity contribution in [3.8, 4) is 11.4 Å². The first-order valence-electron chi connectivity index (χ1n) is 4.57. The first-order valence-corrected chi connectivity index (χ1v) is 4.95. The molecule has 0 fully saturated rings. The van der Waals surface area contributed by atoms with E-state index in [1.54, 1.807) is 12.3 Å². The summed E-state index contributed by atoms with van der Waals surface area (Å²) in [5.41, 5.74) is 7.23. The Morgan fingerprint density at radius 3 is 2.87 bits per heavy atom. The third kappa shape index (κ3) is 2.32. The number of rotatable bonds is 2. The lowest BCUT2D eigenvalue weighted by Gasteiger charge is -2.02. The van der Waals surface area contributed by atoms with Crippen molar-refractivity contribution in [2.45, 2.75) is 6.54 Å². The van der Waals surface area contributed by atoms with Gasteiger partial charge in [-0.3, -0.25) is 0 Å². The van der Waals surface area contributed by atoms with Crippen LogP contribution in [-0.2, 0) is 6.54 Å². The van der Waals surface area contributed by atoms with Crippen molar-refractivity contribution in [2.75, 3.05) is 0 Å². The van der Waals surface area contributed by atoms with Gasteiger partial charge in [-0.15, -0.1) is 0 Å². The summed E-state index contributed by atoms with van der Waals surface area (Å²) in [7, 11) is 0. The van der Waals surface area contributed by atoms with Crippen LogP contribution in [0.3, 0.4) is 0 Å². The highest BCUT2D eigenvalue weighted by atomic mass is 35.5. The van der Waals surface area contributed by atoms with Crippen LogP contribution in [0.4, 0.5) is 0 Å². The molecule has 0 bridgehead atoms. The minimum Gasteiger partial charge on any atom is -0.325 e. The molecule has 76 valence electrons. The minimum atomic E-state index is 0.413. The maximum atomic E-state index is 5.89. The number of hydrogen-bond acceptors (Lipinski definition) is 3. The Morgan fingerprint density at radius 2 is 2.13 bits per heavy atom. The second kappa shape index (κ2) is 4.38. The van der Waals surface area contributed by atoms with Gasteiger partial charge in [0.1, 0.15) is 0 Å². The first kappa shape index (κ1) is 10.1. The fourth-order valence-electron chi connectivity index (χ4n) is 1.28. The Morgan fingerprint density at radius 1 is 1.27 bits per heavy atom. The minimum absolute atomic E-state index is 0.413. The lowest BCUT2D eigenvalue weighted by Crippen LogP contribution is -2.01. The molecule has 0 aliphatic heterocycles. The summed E-state index contributed by atoms with van der Waals surface area (Å²) in [5.74, 6) is 0.653. The Balaban J connectivity index is 2.44. The van der Waals surface area contributed by atoms with Crippen LogP contribution in [0.1, 0.15) is 5.69 Å². The van der Waals surface area contributed by atoms with Gasteiger partial charge in [-0.25, -0.2) is 9.97 Å². The standard InChI is InChI=1S/C11H10ClN3/c12-9-3-1-2-8(6-9)11-14-5-4-10(7-13)15-11/h1-6H,7,13H2. The van der Waals surface area contributed by atoms with Crippen molar-refractivity contribution < 1.29 is 0 Å². The molecule has 2 rings (SSSR count). The zero-order valence-electron chi connectivity index (χ0n) is 8.02. The van der Waals surface area contributed by atoms with E-state index in [0.717, 1.165) is 11.3 Å². The van der Waals surface area contributed by atoms with Crippen LogP contribution in [0.5, 0.6) is 0 Å². The van der Waals surface area contributed by atoms with Crippen LogP contribution in [0, 0.1) is 0 Å². The molecule has 3 nitrogen and oxygen atoms in total. The van der Waals surface area contributed by atoms with Crippen LogP contribution < -0.4 is 5.73 Å². The van der Waals surface area contributed by atoms with Crippen molar-refractivity contribution >= 4 is 11.6 Å². The van der Waals surface area contributed by atoms with E-state index >= 15 is 0 Å². The molecule has 15 heavy (non-hydrogen) atoms. The lowest BCUT2D eigenvalue weighted by molar-refractivity contribution is 0.969. The Labute approximate surface area is 92.9 Å². The highest BCUT2D eigenvalue weighted by molar-refractivity contribution is 6.30. The molecule has 1 aromatic heterocycles. The normalized spacial score (nSPS) is 10.3. The van der Waals surface area contributed by atoms with Crippen molar-refractivity contribution in [1.82, 2.24) is 9.97 Å². The number of hydrogen-bond donors (Lipinski definition) is 1. The summed E-state index contributed by atoms with van der Waals surface area (Å²) < 4.78 is 0. The maximum absolute atomic E-state index is 5.89. The first-order chi connectivity index (χ1) is 7.29. The van der Waals surface area contributed by atoms with Crippen LogP contribution in [0.25, 0.3) is 11.4 Å². The van der Waals surface area contributed by atoms with E-state index in [0.29, 0.717) is 17.4 Å². The monoisotopic (exact) mass is 219 g/mol. The highest BCUT2D eigenvalue weighted by Gasteiger charge is 2.02. The molecular weight excluding hydrogens is 210 g/mol. The zero-order valence-corrected chi connectivity index (χ0v) is 8.78. The summed E-state index contributed by atoms with van der Waals surface area (Å²) >= 11 is 5.89. The van der Waals surface area contributed by atoms with Gasteiger partial charge in [0, 0.05) is 23.3 Å². The molecule has 0 unspecified atom stereocenters. The van der Waals surface area contributed by atoms with Gasteiger partial charge < -0.3 is 5.73 Å². The van der Waals surface area contributed by atoms with Crippen molar-refractivity contribution in [3.63, 3.8) is 0 Å². The second-order valence-corrected chi connectivity index (χ2v) is 3.52. The number of nitrogens with two attached hydrogens (primary N) is 1. The van der Waals surface area contributed by atoms with Gasteiger partial charge in [0.05, 0.1) is 5.69 Å². The van der Waals surface area contributed by atoms with E-state index in [-0.39, 0.29) is 0 Å². The maximum Gasteiger partial charge on any atom is 0.159 e. The van der Waals surface area contributed by atoms with E-state index in [4.69, 9.17) is 17.3 Å². The van der Waals surface area contributed by atoms with Gasteiger partial charge in [0.2, 0.25) is 0 Å². The molecular formula is C11H10ClN3. The van der Waals surface area contributed by atoms with Crippen molar-refractivity contribution in [2.24, 2.45) is 5.73 Å². The molecule has 2 N–H and O–H groups in total. The SMILES string of the molecule is NCc1ccnc(-c2cccc(Cl)c2)n1. The van der Waals surface area contributed by atoms with Gasteiger partial charge in [-0.2, -0.15) is 0 Å². The smallest absolute Gasteiger partial charge is 0.159 e. The molecule has 1 aromatic carbocycles. The fraction of sp³-hybridized carbons (Fsp3) is 0.0909. The topological polar surface area (TPSA) is 51.8 Å². The van der Waals surface area contributed by atoms with Crippen LogP contribution in [-0.4, -0.2) is 9.97 Å². The summed E-state index contributed by atoms with van der Waals surface area (Å²) in [6.45, 7) is 0.413. The number of aromatic nitrogens is 2. The largest absolute Gasteiger partial charge is 0.325 e. The van der Waals surface area contributed by atoms with Gasteiger partial charge >= 0.3 is 0 Å². The summed E-state index contributed by atoms with van der Waals surface area (Å²) in [5, 5.41) is 0.675. The molecule has 2 aromatic rings. The molecule has 0 atom stereocenters. The van der Waals surface area contributed by atoms with Crippen LogP contribution >= 0.6 is 11.6 Å². The Bertz CT molecular complexity index is 471. The predicted molar refractivity (Wildman–Crippen MR) is 60.4 cm³/mol. The molecule has 4 heteroatoms. The molecule has 0 saturated carbocycles. The summed E-state index contributed by atoms with van der Waals surface area (Å²) in [4.78, 5) is 8.48. The third-order valence-electron chi connectivity index (χ3n) is 2.01. The second-order valence-electron chi connectivity index (χ2n) is 3.09. The highest BCUT2D eigenvalue weighted by Crippen LogP contribution is 2.18. The zero-order chi connectivity index (χ0) is 10.7. The molecule has 0 aliphatic rings. The van der Waals surface area contributed by atoms with Crippen molar-refractivity contribution in [3.05, 3.63) is 47.2 Å². The van der Waals surface area contributed by atoms with Gasteiger partial charge in [-0.05, 0) is 18.2 Å². The van der Waals surface area contributed by atoms with Gasteiger partial charge in [0.15, 0.2) is 5.82 Å². The van der Waals surface area contributed by atoms with E-state index in [1.165, 1.54) is 0 Å². The van der Waals surface area contributed by atoms with Crippen LogP contribution in [0.2, 0.25) is 5.02 Å². The van der Waals surface area contributed by atoms with Crippen molar-refractivity contribution in [1.29, 1.82) is 0 Å². The molecule has 1 heterocycles. The number of halogens is 1. The van der Waals surface area contributed by atoms with E-state index in [9.17, 15) is 0 Å². The quantitative estimate of drug-likeness (QED) is 0.843. The fourth-order valence-corrected chi connectivity index (χ4v) is 1.47.